The maximum Gasteiger partial charge on any atom is 0.224 e. The van der Waals surface area contributed by atoms with Gasteiger partial charge in [0.25, 0.3) is 0 Å². The topological polar surface area (TPSA) is 75.9 Å². The lowest BCUT2D eigenvalue weighted by Crippen LogP contribution is -2.08. The van der Waals surface area contributed by atoms with Gasteiger partial charge in [0.05, 0.1) is 6.20 Å². The predicted molar refractivity (Wildman–Crippen MR) is 97.0 cm³/mol. The summed E-state index contributed by atoms with van der Waals surface area (Å²) in [5, 5.41) is 12.6. The predicted octanol–water partition coefficient (Wildman–Crippen LogP) is 3.18. The van der Waals surface area contributed by atoms with Crippen molar-refractivity contribution in [1.29, 1.82) is 0 Å². The molecule has 0 unspecified atom stereocenters. The first kappa shape index (κ1) is 15.1. The number of hydrogen-bond donors (Lipinski definition) is 2. The number of aromatic hydroxyl groups is 1. The van der Waals surface area contributed by atoms with E-state index in [-0.39, 0.29) is 5.75 Å². The number of fused-ring (bicyclic) bond motifs is 1. The van der Waals surface area contributed by atoms with Crippen molar-refractivity contribution in [2.45, 2.75) is 6.42 Å². The zero-order valence-electron chi connectivity index (χ0n) is 13.5. The fraction of sp³-hybridized carbons (Fsp3) is 0.105. The van der Waals surface area contributed by atoms with Gasteiger partial charge in [-0.1, -0.05) is 30.3 Å². The Labute approximate surface area is 144 Å². The number of hydrogen-bond acceptors (Lipinski definition) is 5. The van der Waals surface area contributed by atoms with Crippen LogP contribution in [0, 0.1) is 0 Å². The van der Waals surface area contributed by atoms with E-state index >= 15 is 0 Å². The summed E-state index contributed by atoms with van der Waals surface area (Å²) in [7, 11) is 0. The smallest absolute Gasteiger partial charge is 0.224 e. The fourth-order valence-electron chi connectivity index (χ4n) is 2.65. The molecule has 2 N–H and O–H groups in total. The molecule has 2 aromatic heterocycles. The number of nitrogens with zero attached hydrogens (tertiary/aromatic N) is 4. The van der Waals surface area contributed by atoms with Gasteiger partial charge in [-0.3, -0.25) is 4.57 Å². The van der Waals surface area contributed by atoms with Gasteiger partial charge in [0.1, 0.15) is 17.6 Å². The number of benzene rings is 2. The first-order valence-electron chi connectivity index (χ1n) is 8.07. The molecule has 25 heavy (non-hydrogen) atoms. The minimum atomic E-state index is 0.277. The molecule has 4 aromatic rings. The average Bonchev–Trinajstić information content (AvgIpc) is 3.07. The Kier molecular flexibility index (Phi) is 4.00. The lowest BCUT2D eigenvalue weighted by molar-refractivity contribution is 0.475. The van der Waals surface area contributed by atoms with E-state index in [1.54, 1.807) is 24.7 Å². The zero-order valence-corrected chi connectivity index (χ0v) is 13.5. The third-order valence-electron chi connectivity index (χ3n) is 3.96. The molecule has 0 aliphatic carbocycles. The average molecular weight is 331 g/mol. The van der Waals surface area contributed by atoms with E-state index in [9.17, 15) is 5.11 Å². The Morgan fingerprint density at radius 3 is 2.56 bits per heavy atom. The highest BCUT2D eigenvalue weighted by Gasteiger charge is 2.08. The fourth-order valence-corrected chi connectivity index (χ4v) is 2.65. The molecule has 0 amide bonds. The molecule has 0 bridgehead atoms. The van der Waals surface area contributed by atoms with Crippen LogP contribution in [-0.2, 0) is 6.42 Å². The van der Waals surface area contributed by atoms with E-state index in [2.05, 4.69) is 20.3 Å². The molecular weight excluding hydrogens is 314 g/mol. The van der Waals surface area contributed by atoms with Crippen LogP contribution in [0.4, 0.5) is 5.95 Å². The number of aromatic nitrogens is 4. The summed E-state index contributed by atoms with van der Waals surface area (Å²) < 4.78 is 1.95. The molecule has 0 fully saturated rings. The molecule has 0 atom stereocenters. The second-order valence-electron chi connectivity index (χ2n) is 5.70. The van der Waals surface area contributed by atoms with Crippen LogP contribution >= 0.6 is 0 Å². The monoisotopic (exact) mass is 331 g/mol. The highest BCUT2D eigenvalue weighted by Crippen LogP contribution is 2.17. The van der Waals surface area contributed by atoms with Crippen LogP contribution in [0.3, 0.4) is 0 Å². The summed E-state index contributed by atoms with van der Waals surface area (Å²) in [6.07, 6.45) is 4.30. The van der Waals surface area contributed by atoms with E-state index in [1.165, 1.54) is 0 Å². The maximum absolute atomic E-state index is 9.32. The molecule has 0 aliphatic rings. The molecule has 124 valence electrons. The molecular formula is C19H17N5O. The molecule has 0 spiro atoms. The van der Waals surface area contributed by atoms with Gasteiger partial charge in [-0.05, 0) is 36.2 Å². The number of para-hydroxylation sites is 1. The molecule has 2 heterocycles. The summed E-state index contributed by atoms with van der Waals surface area (Å²) >= 11 is 0. The third-order valence-corrected chi connectivity index (χ3v) is 3.96. The molecule has 0 radical (unpaired) electrons. The van der Waals surface area contributed by atoms with Gasteiger partial charge >= 0.3 is 0 Å². The summed E-state index contributed by atoms with van der Waals surface area (Å²) in [5.41, 5.74) is 3.68. The molecule has 0 saturated heterocycles. The van der Waals surface area contributed by atoms with Crippen LogP contribution in [0.5, 0.6) is 5.75 Å². The largest absolute Gasteiger partial charge is 0.508 e. The van der Waals surface area contributed by atoms with Crippen LogP contribution in [0.25, 0.3) is 16.9 Å². The summed E-state index contributed by atoms with van der Waals surface area (Å²) in [4.78, 5) is 13.3. The van der Waals surface area contributed by atoms with Crippen molar-refractivity contribution in [3.63, 3.8) is 0 Å². The van der Waals surface area contributed by atoms with Crippen molar-refractivity contribution in [2.75, 3.05) is 11.9 Å². The van der Waals surface area contributed by atoms with Crippen LogP contribution in [0.1, 0.15) is 5.56 Å². The summed E-state index contributed by atoms with van der Waals surface area (Å²) in [5.74, 6) is 0.851. The Hall–Kier alpha value is -3.41. The zero-order chi connectivity index (χ0) is 17.1. The first-order valence-corrected chi connectivity index (χ1v) is 8.07. The van der Waals surface area contributed by atoms with Gasteiger partial charge in [0, 0.05) is 12.2 Å². The normalized spacial score (nSPS) is 10.9. The molecule has 6 heteroatoms. The lowest BCUT2D eigenvalue weighted by atomic mass is 10.1. The van der Waals surface area contributed by atoms with Crippen LogP contribution in [0.2, 0.25) is 0 Å². The SMILES string of the molecule is Oc1ccc(CCNc2ncc3ncn(-c4ccccc4)c3n2)cc1. The van der Waals surface area contributed by atoms with Gasteiger partial charge in [-0.15, -0.1) is 0 Å². The standard InChI is InChI=1S/C19H17N5O/c25-16-8-6-14(7-9-16)10-11-20-19-21-12-17-18(23-19)24(13-22-17)15-4-2-1-3-5-15/h1-9,12-13,25H,10-11H2,(H,20,21,23). The first-order chi connectivity index (χ1) is 12.3. The molecule has 0 aliphatic heterocycles. The lowest BCUT2D eigenvalue weighted by Gasteiger charge is -2.07. The second kappa shape index (κ2) is 6.60. The second-order valence-corrected chi connectivity index (χ2v) is 5.70. The van der Waals surface area contributed by atoms with Crippen LogP contribution in [-0.4, -0.2) is 31.2 Å². The number of imidazole rings is 1. The third kappa shape index (κ3) is 3.28. The van der Waals surface area contributed by atoms with Gasteiger partial charge in [-0.25, -0.2) is 9.97 Å². The number of rotatable bonds is 5. The molecule has 6 nitrogen and oxygen atoms in total. The van der Waals surface area contributed by atoms with E-state index in [0.717, 1.165) is 28.8 Å². The summed E-state index contributed by atoms with van der Waals surface area (Å²) in [6, 6.07) is 17.2. The van der Waals surface area contributed by atoms with Crippen LogP contribution < -0.4 is 5.32 Å². The number of phenolic OH excluding ortho intramolecular Hbond substituents is 1. The van der Waals surface area contributed by atoms with Crippen molar-refractivity contribution in [3.05, 3.63) is 72.7 Å². The van der Waals surface area contributed by atoms with Gasteiger partial charge in [-0.2, -0.15) is 4.98 Å². The van der Waals surface area contributed by atoms with Gasteiger partial charge < -0.3 is 10.4 Å². The van der Waals surface area contributed by atoms with E-state index in [0.29, 0.717) is 12.5 Å². The number of nitrogens with one attached hydrogen (secondary N) is 1. The van der Waals surface area contributed by atoms with Crippen LogP contribution in [0.15, 0.2) is 67.1 Å². The minimum absolute atomic E-state index is 0.277. The number of anilines is 1. The Bertz CT molecular complexity index is 980. The maximum atomic E-state index is 9.32. The van der Waals surface area contributed by atoms with Crippen molar-refractivity contribution >= 4 is 17.1 Å². The quantitative estimate of drug-likeness (QED) is 0.587. The molecule has 2 aromatic carbocycles. The van der Waals surface area contributed by atoms with Gasteiger partial charge in [0.15, 0.2) is 5.65 Å². The van der Waals surface area contributed by atoms with E-state index < -0.39 is 0 Å². The highest BCUT2D eigenvalue weighted by atomic mass is 16.3. The van der Waals surface area contributed by atoms with Crippen molar-refractivity contribution in [1.82, 2.24) is 19.5 Å². The minimum Gasteiger partial charge on any atom is -0.508 e. The van der Waals surface area contributed by atoms with Gasteiger partial charge in [0.2, 0.25) is 5.95 Å². The van der Waals surface area contributed by atoms with Crippen molar-refractivity contribution < 1.29 is 5.11 Å². The molecule has 4 rings (SSSR count). The Morgan fingerprint density at radius 1 is 0.960 bits per heavy atom. The number of phenols is 1. The van der Waals surface area contributed by atoms with E-state index in [4.69, 9.17) is 0 Å². The molecule has 0 saturated carbocycles. The summed E-state index contributed by atoms with van der Waals surface area (Å²) in [6.45, 7) is 0.704. The van der Waals surface area contributed by atoms with E-state index in [1.807, 2.05) is 47.0 Å². The van der Waals surface area contributed by atoms with Crippen molar-refractivity contribution in [3.8, 4) is 11.4 Å². The Balaban J connectivity index is 1.51. The highest BCUT2D eigenvalue weighted by molar-refractivity contribution is 5.73. The Morgan fingerprint density at radius 2 is 1.76 bits per heavy atom. The van der Waals surface area contributed by atoms with Crippen molar-refractivity contribution in [2.24, 2.45) is 0 Å².